The van der Waals surface area contributed by atoms with Crippen molar-refractivity contribution >= 4 is 11.9 Å². The van der Waals surface area contributed by atoms with Crippen LogP contribution in [0.1, 0.15) is 31.3 Å². The van der Waals surface area contributed by atoms with Gasteiger partial charge in [-0.2, -0.15) is 5.26 Å². The zero-order valence-corrected chi connectivity index (χ0v) is 9.47. The third-order valence-electron chi connectivity index (χ3n) is 1.86. The fraction of sp³-hybridized carbons (Fsp3) is 0.250. The van der Waals surface area contributed by atoms with Crippen LogP contribution in [0.4, 0.5) is 0 Å². The van der Waals surface area contributed by atoms with E-state index in [9.17, 15) is 9.59 Å². The maximum absolute atomic E-state index is 10.9. The molecule has 88 valence electrons. The monoisotopic (exact) mass is 233 g/mol. The highest BCUT2D eigenvalue weighted by Crippen LogP contribution is 2.19. The summed E-state index contributed by atoms with van der Waals surface area (Å²) in [6.45, 7) is 2.44. The lowest BCUT2D eigenvalue weighted by Gasteiger charge is -2.16. The number of hydrogen-bond donors (Lipinski definition) is 0. The maximum Gasteiger partial charge on any atom is 0.305 e. The van der Waals surface area contributed by atoms with Crippen LogP contribution in [-0.4, -0.2) is 11.9 Å². The van der Waals surface area contributed by atoms with Crippen LogP contribution in [0.25, 0.3) is 0 Å². The first kappa shape index (κ1) is 12.7. The van der Waals surface area contributed by atoms with Crippen LogP contribution in [0.15, 0.2) is 24.3 Å². The van der Waals surface area contributed by atoms with Crippen molar-refractivity contribution in [2.75, 3.05) is 0 Å². The largest absolute Gasteiger partial charge is 0.421 e. The minimum absolute atomic E-state index is 0.471. The SMILES string of the molecule is CC(=O)OC(OC(C)=O)c1ccc(C#N)cc1. The maximum atomic E-state index is 10.9. The summed E-state index contributed by atoms with van der Waals surface area (Å²) in [4.78, 5) is 21.7. The second-order valence-electron chi connectivity index (χ2n) is 3.28. The fourth-order valence-corrected chi connectivity index (χ4v) is 1.18. The lowest BCUT2D eigenvalue weighted by molar-refractivity contribution is -0.186. The average molecular weight is 233 g/mol. The van der Waals surface area contributed by atoms with Gasteiger partial charge < -0.3 is 9.47 Å². The van der Waals surface area contributed by atoms with E-state index in [1.807, 2.05) is 6.07 Å². The number of ether oxygens (including phenoxy) is 2. The van der Waals surface area contributed by atoms with Crippen molar-refractivity contribution in [2.45, 2.75) is 20.1 Å². The summed E-state index contributed by atoms with van der Waals surface area (Å²) >= 11 is 0. The molecule has 0 aromatic heterocycles. The van der Waals surface area contributed by atoms with E-state index >= 15 is 0 Å². The van der Waals surface area contributed by atoms with E-state index in [0.29, 0.717) is 11.1 Å². The minimum Gasteiger partial charge on any atom is -0.421 e. The zero-order chi connectivity index (χ0) is 12.8. The summed E-state index contributed by atoms with van der Waals surface area (Å²) in [5.41, 5.74) is 0.965. The van der Waals surface area contributed by atoms with Gasteiger partial charge in [0.05, 0.1) is 11.6 Å². The molecule has 0 aliphatic heterocycles. The van der Waals surface area contributed by atoms with Crippen LogP contribution >= 0.6 is 0 Å². The Balaban J connectivity index is 2.91. The predicted molar refractivity (Wildman–Crippen MR) is 57.4 cm³/mol. The van der Waals surface area contributed by atoms with Gasteiger partial charge in [0, 0.05) is 19.4 Å². The van der Waals surface area contributed by atoms with E-state index in [0.717, 1.165) is 0 Å². The Morgan fingerprint density at radius 2 is 1.59 bits per heavy atom. The number of hydrogen-bond acceptors (Lipinski definition) is 5. The highest BCUT2D eigenvalue weighted by atomic mass is 16.7. The van der Waals surface area contributed by atoms with Gasteiger partial charge in [0.2, 0.25) is 0 Å². The standard InChI is InChI=1S/C12H11NO4/c1-8(14)16-12(17-9(2)15)11-5-3-10(7-13)4-6-11/h3-6,12H,1-2H3. The molecule has 0 aliphatic carbocycles. The molecule has 0 N–H and O–H groups in total. The quantitative estimate of drug-likeness (QED) is 0.586. The van der Waals surface area contributed by atoms with Crippen molar-refractivity contribution in [3.05, 3.63) is 35.4 Å². The molecule has 5 nitrogen and oxygen atoms in total. The first-order valence-corrected chi connectivity index (χ1v) is 4.87. The molecule has 1 rings (SSSR count). The van der Waals surface area contributed by atoms with Crippen LogP contribution in [0, 0.1) is 11.3 Å². The Morgan fingerprint density at radius 1 is 1.12 bits per heavy atom. The first-order valence-electron chi connectivity index (χ1n) is 4.87. The highest BCUT2D eigenvalue weighted by molar-refractivity contribution is 5.68. The number of carbonyl (C=O) groups excluding carboxylic acids is 2. The molecule has 0 aliphatic rings. The molecule has 0 bridgehead atoms. The molecule has 0 heterocycles. The molecule has 0 atom stereocenters. The predicted octanol–water partition coefficient (Wildman–Crippen LogP) is 1.68. The molecule has 1 aromatic rings. The van der Waals surface area contributed by atoms with Crippen LogP contribution in [0.2, 0.25) is 0 Å². The van der Waals surface area contributed by atoms with Crippen molar-refractivity contribution < 1.29 is 19.1 Å². The summed E-state index contributed by atoms with van der Waals surface area (Å²) in [5.74, 6) is -1.11. The molecule has 0 radical (unpaired) electrons. The van der Waals surface area contributed by atoms with E-state index < -0.39 is 18.2 Å². The Bertz CT molecular complexity index is 442. The van der Waals surface area contributed by atoms with E-state index in [1.165, 1.54) is 13.8 Å². The Labute approximate surface area is 98.6 Å². The summed E-state index contributed by atoms with van der Waals surface area (Å²) in [6, 6.07) is 8.19. The molecule has 0 spiro atoms. The lowest BCUT2D eigenvalue weighted by atomic mass is 10.1. The molecule has 17 heavy (non-hydrogen) atoms. The van der Waals surface area contributed by atoms with Crippen LogP contribution in [-0.2, 0) is 19.1 Å². The van der Waals surface area contributed by atoms with Crippen LogP contribution < -0.4 is 0 Å². The van der Waals surface area contributed by atoms with Crippen molar-refractivity contribution in [1.82, 2.24) is 0 Å². The van der Waals surface area contributed by atoms with Crippen molar-refractivity contribution in [3.63, 3.8) is 0 Å². The fourth-order valence-electron chi connectivity index (χ4n) is 1.18. The minimum atomic E-state index is -1.07. The van der Waals surface area contributed by atoms with E-state index in [1.54, 1.807) is 24.3 Å². The van der Waals surface area contributed by atoms with Gasteiger partial charge in [0.15, 0.2) is 0 Å². The van der Waals surface area contributed by atoms with Gasteiger partial charge in [0.25, 0.3) is 6.29 Å². The van der Waals surface area contributed by atoms with Gasteiger partial charge in [-0.25, -0.2) is 0 Å². The van der Waals surface area contributed by atoms with Crippen molar-refractivity contribution in [2.24, 2.45) is 0 Å². The summed E-state index contributed by atoms with van der Waals surface area (Å²) in [6.07, 6.45) is -1.07. The summed E-state index contributed by atoms with van der Waals surface area (Å²) < 4.78 is 9.71. The molecule has 0 saturated carbocycles. The third-order valence-corrected chi connectivity index (χ3v) is 1.86. The summed E-state index contributed by atoms with van der Waals surface area (Å²) in [7, 11) is 0. The number of benzene rings is 1. The molecule has 5 heteroatoms. The molecule has 0 fully saturated rings. The molecule has 0 amide bonds. The first-order chi connectivity index (χ1) is 8.02. The van der Waals surface area contributed by atoms with E-state index in [4.69, 9.17) is 14.7 Å². The van der Waals surface area contributed by atoms with Gasteiger partial charge >= 0.3 is 11.9 Å². The number of carbonyl (C=O) groups is 2. The topological polar surface area (TPSA) is 76.4 Å². The second kappa shape index (κ2) is 5.66. The van der Waals surface area contributed by atoms with Gasteiger partial charge in [-0.05, 0) is 12.1 Å². The smallest absolute Gasteiger partial charge is 0.305 e. The lowest BCUT2D eigenvalue weighted by Crippen LogP contribution is -2.14. The van der Waals surface area contributed by atoms with Gasteiger partial charge in [-0.1, -0.05) is 12.1 Å². The van der Waals surface area contributed by atoms with E-state index in [2.05, 4.69) is 0 Å². The molecular formula is C12H11NO4. The van der Waals surface area contributed by atoms with Gasteiger partial charge in [-0.3, -0.25) is 9.59 Å². The molecule has 0 saturated heterocycles. The normalized spacial score (nSPS) is 9.53. The molecule has 1 aromatic carbocycles. The van der Waals surface area contributed by atoms with Crippen molar-refractivity contribution in [3.8, 4) is 6.07 Å². The van der Waals surface area contributed by atoms with Crippen LogP contribution in [0.3, 0.4) is 0 Å². The number of nitriles is 1. The molecular weight excluding hydrogens is 222 g/mol. The summed E-state index contributed by atoms with van der Waals surface area (Å²) in [5, 5.41) is 8.64. The number of esters is 2. The number of nitrogens with zero attached hydrogens (tertiary/aromatic N) is 1. The highest BCUT2D eigenvalue weighted by Gasteiger charge is 2.17. The van der Waals surface area contributed by atoms with Gasteiger partial charge in [0.1, 0.15) is 0 Å². The van der Waals surface area contributed by atoms with Gasteiger partial charge in [-0.15, -0.1) is 0 Å². The average Bonchev–Trinajstić information content (AvgIpc) is 2.27. The van der Waals surface area contributed by atoms with E-state index in [-0.39, 0.29) is 0 Å². The Kier molecular flexibility index (Phi) is 4.23. The Hall–Kier alpha value is -2.35. The Morgan fingerprint density at radius 3 is 1.94 bits per heavy atom. The third kappa shape index (κ3) is 3.95. The number of rotatable bonds is 3. The zero-order valence-electron chi connectivity index (χ0n) is 9.47. The second-order valence-corrected chi connectivity index (χ2v) is 3.28. The van der Waals surface area contributed by atoms with Crippen molar-refractivity contribution in [1.29, 1.82) is 5.26 Å². The van der Waals surface area contributed by atoms with Crippen LogP contribution in [0.5, 0.6) is 0 Å². The molecule has 0 unspecified atom stereocenters.